The SMILES string of the molecule is C#CCOc1ccc(Br)cc1C=c1sc2n(c1=O)[C@@H](c1cccs1)C(C(=O)OCC)=C(C)N=2. The quantitative estimate of drug-likeness (QED) is 0.352. The second kappa shape index (κ2) is 9.91. The van der Waals surface area contributed by atoms with Crippen LogP contribution in [-0.2, 0) is 9.53 Å². The summed E-state index contributed by atoms with van der Waals surface area (Å²) in [5.41, 5.74) is 1.38. The summed E-state index contributed by atoms with van der Waals surface area (Å²) in [4.78, 5) is 32.4. The van der Waals surface area contributed by atoms with E-state index in [1.807, 2.05) is 29.6 Å². The topological polar surface area (TPSA) is 69.9 Å². The highest BCUT2D eigenvalue weighted by atomic mass is 79.9. The predicted octanol–water partition coefficient (Wildman–Crippen LogP) is 3.63. The molecule has 4 rings (SSSR count). The van der Waals surface area contributed by atoms with Crippen LogP contribution in [0.5, 0.6) is 5.75 Å². The lowest BCUT2D eigenvalue weighted by Crippen LogP contribution is -2.39. The molecule has 0 unspecified atom stereocenters. The molecule has 33 heavy (non-hydrogen) atoms. The second-order valence-corrected chi connectivity index (χ2v) is 9.90. The van der Waals surface area contributed by atoms with E-state index in [2.05, 4.69) is 26.8 Å². The molecule has 0 saturated carbocycles. The molecule has 6 nitrogen and oxygen atoms in total. The van der Waals surface area contributed by atoms with Gasteiger partial charge in [0.25, 0.3) is 5.56 Å². The molecule has 0 N–H and O–H groups in total. The summed E-state index contributed by atoms with van der Waals surface area (Å²) in [5.74, 6) is 2.55. The molecule has 3 aromatic rings. The number of carbonyl (C=O) groups is 1. The lowest BCUT2D eigenvalue weighted by atomic mass is 10.0. The van der Waals surface area contributed by atoms with E-state index in [-0.39, 0.29) is 18.8 Å². The van der Waals surface area contributed by atoms with E-state index in [4.69, 9.17) is 15.9 Å². The van der Waals surface area contributed by atoms with E-state index in [0.29, 0.717) is 31.9 Å². The Bertz CT molecular complexity index is 1460. The van der Waals surface area contributed by atoms with Gasteiger partial charge >= 0.3 is 5.97 Å². The van der Waals surface area contributed by atoms with Crippen molar-refractivity contribution in [2.75, 3.05) is 13.2 Å². The highest BCUT2D eigenvalue weighted by Gasteiger charge is 2.33. The molecule has 9 heteroatoms. The molecule has 3 heterocycles. The van der Waals surface area contributed by atoms with Crippen LogP contribution in [0.4, 0.5) is 0 Å². The second-order valence-electron chi connectivity index (χ2n) is 6.99. The fourth-order valence-electron chi connectivity index (χ4n) is 3.53. The summed E-state index contributed by atoms with van der Waals surface area (Å²) in [5, 5.41) is 1.92. The average Bonchev–Trinajstić information content (AvgIpc) is 3.41. The minimum absolute atomic E-state index is 0.115. The highest BCUT2D eigenvalue weighted by Crippen LogP contribution is 2.33. The van der Waals surface area contributed by atoms with Crippen LogP contribution in [0.25, 0.3) is 6.08 Å². The third-order valence-corrected chi connectivity index (χ3v) is 7.30. The Morgan fingerprint density at radius 1 is 1.39 bits per heavy atom. The summed E-state index contributed by atoms with van der Waals surface area (Å²) < 4.78 is 13.8. The summed E-state index contributed by atoms with van der Waals surface area (Å²) in [6.07, 6.45) is 7.09. The van der Waals surface area contributed by atoms with Crippen LogP contribution in [0.2, 0.25) is 0 Å². The van der Waals surface area contributed by atoms with Crippen molar-refractivity contribution in [1.29, 1.82) is 0 Å². The summed E-state index contributed by atoms with van der Waals surface area (Å²) in [7, 11) is 0. The molecule has 0 bridgehead atoms. The summed E-state index contributed by atoms with van der Waals surface area (Å²) in [6.45, 7) is 3.87. The highest BCUT2D eigenvalue weighted by molar-refractivity contribution is 9.10. The first kappa shape index (κ1) is 23.2. The lowest BCUT2D eigenvalue weighted by molar-refractivity contribution is -0.139. The molecule has 1 aromatic carbocycles. The number of aromatic nitrogens is 1. The smallest absolute Gasteiger partial charge is 0.338 e. The molecule has 0 fully saturated rings. The minimum Gasteiger partial charge on any atom is -0.480 e. The van der Waals surface area contributed by atoms with E-state index in [9.17, 15) is 9.59 Å². The van der Waals surface area contributed by atoms with Gasteiger partial charge in [0.2, 0.25) is 0 Å². The van der Waals surface area contributed by atoms with Gasteiger partial charge in [0.1, 0.15) is 18.4 Å². The fraction of sp³-hybridized carbons (Fsp3) is 0.208. The summed E-state index contributed by atoms with van der Waals surface area (Å²) in [6, 6.07) is 8.70. The van der Waals surface area contributed by atoms with Crippen molar-refractivity contribution in [1.82, 2.24) is 4.57 Å². The number of rotatable bonds is 6. The molecule has 0 amide bonds. The van der Waals surface area contributed by atoms with Gasteiger partial charge in [-0.3, -0.25) is 9.36 Å². The van der Waals surface area contributed by atoms with Gasteiger partial charge < -0.3 is 9.47 Å². The van der Waals surface area contributed by atoms with Crippen LogP contribution in [0.1, 0.15) is 30.3 Å². The van der Waals surface area contributed by atoms with Crippen molar-refractivity contribution < 1.29 is 14.3 Å². The van der Waals surface area contributed by atoms with Gasteiger partial charge in [-0.25, -0.2) is 9.79 Å². The van der Waals surface area contributed by atoms with Crippen molar-refractivity contribution >= 4 is 50.6 Å². The zero-order valence-corrected chi connectivity index (χ0v) is 21.1. The third kappa shape index (κ3) is 4.60. The number of terminal acetylenes is 1. The molecule has 0 spiro atoms. The number of esters is 1. The molecular weight excluding hydrogens is 524 g/mol. The van der Waals surface area contributed by atoms with E-state index in [1.54, 1.807) is 30.6 Å². The van der Waals surface area contributed by atoms with Crippen LogP contribution in [-0.4, -0.2) is 23.8 Å². The van der Waals surface area contributed by atoms with E-state index >= 15 is 0 Å². The maximum absolute atomic E-state index is 13.6. The monoisotopic (exact) mass is 542 g/mol. The molecule has 1 atom stereocenters. The van der Waals surface area contributed by atoms with Gasteiger partial charge in [-0.15, -0.1) is 17.8 Å². The number of benzene rings is 1. The van der Waals surface area contributed by atoms with Gasteiger partial charge in [-0.2, -0.15) is 0 Å². The molecule has 1 aliphatic rings. The van der Waals surface area contributed by atoms with Crippen LogP contribution >= 0.6 is 38.6 Å². The van der Waals surface area contributed by atoms with Gasteiger partial charge in [0.05, 0.1) is 22.4 Å². The van der Waals surface area contributed by atoms with Crippen molar-refractivity contribution in [3.05, 3.63) is 81.6 Å². The van der Waals surface area contributed by atoms with Crippen LogP contribution < -0.4 is 19.6 Å². The number of allylic oxidation sites excluding steroid dienone is 1. The number of hydrogen-bond donors (Lipinski definition) is 0. The van der Waals surface area contributed by atoms with Crippen molar-refractivity contribution in [2.45, 2.75) is 19.9 Å². The molecule has 0 saturated heterocycles. The number of hydrogen-bond acceptors (Lipinski definition) is 7. The first-order valence-corrected chi connectivity index (χ1v) is 12.5. The average molecular weight is 543 g/mol. The molecular formula is C24H19BrN2O4S2. The van der Waals surface area contributed by atoms with Crippen molar-refractivity contribution in [3.63, 3.8) is 0 Å². The Hall–Kier alpha value is -2.93. The Labute approximate surface area is 206 Å². The first-order valence-electron chi connectivity index (χ1n) is 10.0. The van der Waals surface area contributed by atoms with Gasteiger partial charge in [-0.05, 0) is 49.6 Å². The lowest BCUT2D eigenvalue weighted by Gasteiger charge is -2.23. The van der Waals surface area contributed by atoms with E-state index in [1.165, 1.54) is 22.7 Å². The number of thiophene rings is 1. The Balaban J connectivity index is 1.92. The Morgan fingerprint density at radius 3 is 2.91 bits per heavy atom. The zero-order valence-electron chi connectivity index (χ0n) is 17.8. The zero-order chi connectivity index (χ0) is 23.5. The van der Waals surface area contributed by atoms with Crippen molar-refractivity contribution in [3.8, 4) is 18.1 Å². The number of fused-ring (bicyclic) bond motifs is 1. The Morgan fingerprint density at radius 2 is 2.21 bits per heavy atom. The van der Waals surface area contributed by atoms with Crippen LogP contribution in [0, 0.1) is 12.3 Å². The van der Waals surface area contributed by atoms with E-state index < -0.39 is 12.0 Å². The van der Waals surface area contributed by atoms with Gasteiger partial charge in [0.15, 0.2) is 4.80 Å². The number of nitrogens with zero attached hydrogens (tertiary/aromatic N) is 2. The van der Waals surface area contributed by atoms with Crippen LogP contribution in [0.15, 0.2) is 61.2 Å². The predicted molar refractivity (Wildman–Crippen MR) is 133 cm³/mol. The molecule has 0 aliphatic carbocycles. The standard InChI is InChI=1S/C24H19BrN2O4S2/c1-4-10-31-17-9-8-16(25)12-15(17)13-19-22(28)27-21(18-7-6-11-32-18)20(23(29)30-5-2)14(3)26-24(27)33-19/h1,6-9,11-13,21H,5,10H2,2-3H3/t21-/m0/s1. The van der Waals surface area contributed by atoms with Crippen LogP contribution in [0.3, 0.4) is 0 Å². The summed E-state index contributed by atoms with van der Waals surface area (Å²) >= 11 is 6.20. The maximum Gasteiger partial charge on any atom is 0.338 e. The largest absolute Gasteiger partial charge is 0.480 e. The normalized spacial score (nSPS) is 15.6. The molecule has 1 aliphatic heterocycles. The molecule has 2 aromatic heterocycles. The van der Waals surface area contributed by atoms with Crippen molar-refractivity contribution in [2.24, 2.45) is 4.99 Å². The first-order chi connectivity index (χ1) is 15.9. The fourth-order valence-corrected chi connectivity index (χ4v) is 5.77. The number of carbonyl (C=O) groups excluding carboxylic acids is 1. The minimum atomic E-state index is -0.595. The molecule has 0 radical (unpaired) electrons. The number of thiazole rings is 1. The number of ether oxygens (including phenoxy) is 2. The van der Waals surface area contributed by atoms with Gasteiger partial charge in [-0.1, -0.05) is 39.3 Å². The van der Waals surface area contributed by atoms with E-state index in [0.717, 1.165) is 9.35 Å². The number of halogens is 1. The Kier molecular flexibility index (Phi) is 6.98. The third-order valence-electron chi connectivity index (χ3n) is 4.90. The maximum atomic E-state index is 13.6. The molecule has 168 valence electrons. The van der Waals surface area contributed by atoms with Gasteiger partial charge in [0, 0.05) is 14.9 Å².